The third kappa shape index (κ3) is 4.89. The first-order valence-corrected chi connectivity index (χ1v) is 9.38. The van der Waals surface area contributed by atoms with Crippen molar-refractivity contribution in [2.75, 3.05) is 25.4 Å². The van der Waals surface area contributed by atoms with Crippen LogP contribution in [0.1, 0.15) is 37.8 Å². The van der Waals surface area contributed by atoms with Crippen molar-refractivity contribution in [2.24, 2.45) is 5.92 Å². The van der Waals surface area contributed by atoms with Gasteiger partial charge in [0.05, 0.1) is 17.4 Å². The van der Waals surface area contributed by atoms with E-state index in [4.69, 9.17) is 19.8 Å². The van der Waals surface area contributed by atoms with Crippen molar-refractivity contribution in [2.45, 2.75) is 37.1 Å². The van der Waals surface area contributed by atoms with Gasteiger partial charge in [-0.1, -0.05) is 6.92 Å². The fourth-order valence-electron chi connectivity index (χ4n) is 2.99. The summed E-state index contributed by atoms with van der Waals surface area (Å²) in [6.07, 6.45) is 3.93. The molecule has 3 aliphatic rings. The van der Waals surface area contributed by atoms with Gasteiger partial charge in [-0.2, -0.15) is 8.75 Å². The summed E-state index contributed by atoms with van der Waals surface area (Å²) in [5.74, 6) is -0.954. The lowest BCUT2D eigenvalue weighted by Gasteiger charge is -2.44. The molecule has 9 heteroatoms. The molecule has 0 aliphatic carbocycles. The molecule has 0 amide bonds. The Morgan fingerprint density at radius 1 is 1.26 bits per heavy atom. The predicted octanol–water partition coefficient (Wildman–Crippen LogP) is 2.00. The highest BCUT2D eigenvalue weighted by atomic mass is 32.2. The molecule has 128 valence electrons. The molecule has 4 heterocycles. The Hall–Kier alpha value is -1.19. The second kappa shape index (κ2) is 8.60. The number of nitrogens with zero attached hydrogens (tertiary/aromatic N) is 3. The van der Waals surface area contributed by atoms with Crippen LogP contribution in [0.5, 0.6) is 0 Å². The van der Waals surface area contributed by atoms with Crippen LogP contribution >= 0.6 is 23.5 Å². The van der Waals surface area contributed by atoms with Crippen LogP contribution in [0.3, 0.4) is 0 Å². The van der Waals surface area contributed by atoms with Crippen LogP contribution in [0.2, 0.25) is 0 Å². The van der Waals surface area contributed by atoms with E-state index in [2.05, 4.69) is 20.6 Å². The van der Waals surface area contributed by atoms with Gasteiger partial charge in [-0.05, 0) is 44.0 Å². The standard InChI is InChI=1S/C12H19N3S2.C2H2O4/c1-2-7-16-12-11(13-17-14-12)10-8-15-5-3-9(10)4-6-15;3-1(4)2(5)6/h9-10H,2-8H2,1H3;(H,3,4)(H,5,6). The number of carboxylic acid groups (broad SMARTS) is 2. The van der Waals surface area contributed by atoms with Gasteiger partial charge in [0.15, 0.2) is 0 Å². The first-order valence-electron chi connectivity index (χ1n) is 7.66. The van der Waals surface area contributed by atoms with Gasteiger partial charge in [-0.15, -0.1) is 11.8 Å². The van der Waals surface area contributed by atoms with Gasteiger partial charge >= 0.3 is 11.9 Å². The van der Waals surface area contributed by atoms with E-state index in [1.54, 1.807) is 0 Å². The second-order valence-electron chi connectivity index (χ2n) is 5.66. The van der Waals surface area contributed by atoms with Crippen molar-refractivity contribution in [3.63, 3.8) is 0 Å². The minimum absolute atomic E-state index is 0.663. The number of fused-ring (bicyclic) bond motifs is 3. The van der Waals surface area contributed by atoms with E-state index < -0.39 is 11.9 Å². The van der Waals surface area contributed by atoms with Crippen LogP contribution < -0.4 is 0 Å². The fraction of sp³-hybridized carbons (Fsp3) is 0.714. The molecule has 1 aromatic heterocycles. The van der Waals surface area contributed by atoms with Crippen molar-refractivity contribution in [3.8, 4) is 0 Å². The molecule has 0 radical (unpaired) electrons. The summed E-state index contributed by atoms with van der Waals surface area (Å²) in [4.78, 5) is 20.8. The number of carboxylic acids is 2. The molecule has 3 aliphatic heterocycles. The van der Waals surface area contributed by atoms with Crippen molar-refractivity contribution in [3.05, 3.63) is 5.69 Å². The zero-order chi connectivity index (χ0) is 16.8. The maximum Gasteiger partial charge on any atom is 0.414 e. The molecular weight excluding hydrogens is 338 g/mol. The Labute approximate surface area is 143 Å². The lowest BCUT2D eigenvalue weighted by atomic mass is 9.78. The number of hydrogen-bond acceptors (Lipinski definition) is 7. The molecule has 4 rings (SSSR count). The van der Waals surface area contributed by atoms with E-state index in [1.807, 2.05) is 11.8 Å². The van der Waals surface area contributed by atoms with Crippen LogP contribution in [0.4, 0.5) is 0 Å². The lowest BCUT2D eigenvalue weighted by Crippen LogP contribution is -2.46. The van der Waals surface area contributed by atoms with Gasteiger partial charge in [-0.25, -0.2) is 9.59 Å². The molecule has 3 fully saturated rings. The lowest BCUT2D eigenvalue weighted by molar-refractivity contribution is -0.159. The van der Waals surface area contributed by atoms with Crippen LogP contribution in [-0.2, 0) is 9.59 Å². The van der Waals surface area contributed by atoms with Gasteiger partial charge in [0, 0.05) is 12.5 Å². The van der Waals surface area contributed by atoms with Gasteiger partial charge in [-0.3, -0.25) is 0 Å². The number of hydrogen-bond donors (Lipinski definition) is 2. The van der Waals surface area contributed by atoms with Gasteiger partial charge < -0.3 is 15.1 Å². The Morgan fingerprint density at radius 3 is 2.39 bits per heavy atom. The summed E-state index contributed by atoms with van der Waals surface area (Å²) < 4.78 is 9.08. The first kappa shape index (κ1) is 18.2. The quantitative estimate of drug-likeness (QED) is 0.621. The average molecular weight is 359 g/mol. The Morgan fingerprint density at radius 2 is 1.91 bits per heavy atom. The fourth-order valence-corrected chi connectivity index (χ4v) is 4.62. The summed E-state index contributed by atoms with van der Waals surface area (Å²) in [6, 6.07) is 0. The summed E-state index contributed by atoms with van der Waals surface area (Å²) in [6.45, 7) is 6.04. The van der Waals surface area contributed by atoms with E-state index in [0.29, 0.717) is 5.92 Å². The largest absolute Gasteiger partial charge is 0.473 e. The summed E-state index contributed by atoms with van der Waals surface area (Å²) in [5, 5.41) is 16.0. The maximum atomic E-state index is 9.10. The van der Waals surface area contributed by atoms with E-state index in [0.717, 1.165) is 5.92 Å². The SMILES string of the molecule is CCCSc1nsnc1C1CN2CCC1CC2.O=C(O)C(=O)O. The topological polar surface area (TPSA) is 104 Å². The molecule has 1 unspecified atom stereocenters. The molecule has 1 atom stereocenters. The van der Waals surface area contributed by atoms with E-state index >= 15 is 0 Å². The second-order valence-corrected chi connectivity index (χ2v) is 7.27. The zero-order valence-electron chi connectivity index (χ0n) is 13.0. The number of aromatic nitrogens is 2. The van der Waals surface area contributed by atoms with Crippen LogP contribution in [0.15, 0.2) is 5.03 Å². The van der Waals surface area contributed by atoms with E-state index in [9.17, 15) is 0 Å². The normalized spacial score (nSPS) is 25.5. The molecule has 3 saturated heterocycles. The molecule has 0 aromatic carbocycles. The van der Waals surface area contributed by atoms with Gasteiger partial charge in [0.25, 0.3) is 0 Å². The predicted molar refractivity (Wildman–Crippen MR) is 88.1 cm³/mol. The number of piperidine rings is 3. The van der Waals surface area contributed by atoms with Crippen molar-refractivity contribution >= 4 is 35.4 Å². The Kier molecular flexibility index (Phi) is 6.79. The highest BCUT2D eigenvalue weighted by molar-refractivity contribution is 7.99. The zero-order valence-corrected chi connectivity index (χ0v) is 14.6. The third-order valence-corrected chi connectivity index (χ3v) is 5.96. The summed E-state index contributed by atoms with van der Waals surface area (Å²) >= 11 is 3.29. The number of thioether (sulfide) groups is 1. The van der Waals surface area contributed by atoms with Gasteiger partial charge in [0.2, 0.25) is 0 Å². The average Bonchev–Trinajstić information content (AvgIpc) is 3.02. The van der Waals surface area contributed by atoms with E-state index in [1.165, 1.54) is 67.1 Å². The molecule has 2 N–H and O–H groups in total. The highest BCUT2D eigenvalue weighted by Crippen LogP contribution is 2.41. The maximum absolute atomic E-state index is 9.10. The third-order valence-electron chi connectivity index (χ3n) is 4.12. The molecule has 2 bridgehead atoms. The van der Waals surface area contributed by atoms with Crippen LogP contribution in [-0.4, -0.2) is 61.2 Å². The van der Waals surface area contributed by atoms with Crippen LogP contribution in [0.25, 0.3) is 0 Å². The summed E-state index contributed by atoms with van der Waals surface area (Å²) in [7, 11) is 0. The highest BCUT2D eigenvalue weighted by Gasteiger charge is 2.37. The van der Waals surface area contributed by atoms with E-state index in [-0.39, 0.29) is 0 Å². The molecule has 0 spiro atoms. The van der Waals surface area contributed by atoms with Crippen LogP contribution in [0, 0.1) is 5.92 Å². The minimum Gasteiger partial charge on any atom is -0.473 e. The number of aliphatic carboxylic acids is 2. The molecule has 7 nitrogen and oxygen atoms in total. The minimum atomic E-state index is -1.82. The van der Waals surface area contributed by atoms with Crippen molar-refractivity contribution in [1.82, 2.24) is 13.6 Å². The summed E-state index contributed by atoms with van der Waals surface area (Å²) in [5.41, 5.74) is 1.31. The molecule has 23 heavy (non-hydrogen) atoms. The number of carbonyl (C=O) groups is 2. The first-order chi connectivity index (χ1) is 11.0. The molecule has 0 saturated carbocycles. The van der Waals surface area contributed by atoms with Crippen molar-refractivity contribution < 1.29 is 19.8 Å². The van der Waals surface area contributed by atoms with Gasteiger partial charge in [0.1, 0.15) is 5.03 Å². The number of rotatable bonds is 4. The molecule has 1 aromatic rings. The Balaban J connectivity index is 0.000000277. The monoisotopic (exact) mass is 359 g/mol. The Bertz CT molecular complexity index is 532. The van der Waals surface area contributed by atoms with Crippen molar-refractivity contribution in [1.29, 1.82) is 0 Å². The molecular formula is C14H21N3O4S2. The smallest absolute Gasteiger partial charge is 0.414 e.